The SMILES string of the molecule is O=C(O)C(Cc1ccc(O)cc1)NP(=O)=O.[NaH]. The second-order valence-corrected chi connectivity index (χ2v) is 3.92. The van der Waals surface area contributed by atoms with E-state index >= 15 is 0 Å². The van der Waals surface area contributed by atoms with Crippen LogP contribution < -0.4 is 5.09 Å². The molecule has 1 atom stereocenters. The van der Waals surface area contributed by atoms with Crippen LogP contribution in [0.1, 0.15) is 5.56 Å². The van der Waals surface area contributed by atoms with Crippen molar-refractivity contribution in [2.24, 2.45) is 0 Å². The first-order valence-electron chi connectivity index (χ1n) is 4.40. The van der Waals surface area contributed by atoms with Gasteiger partial charge in [-0.05, 0) is 24.1 Å². The van der Waals surface area contributed by atoms with Crippen molar-refractivity contribution in [3.8, 4) is 5.75 Å². The van der Waals surface area contributed by atoms with Crippen molar-refractivity contribution in [2.45, 2.75) is 12.5 Å². The molecule has 0 aliphatic heterocycles. The van der Waals surface area contributed by atoms with Gasteiger partial charge >= 0.3 is 43.4 Å². The fraction of sp³-hybridized carbons (Fsp3) is 0.222. The molecule has 0 heterocycles. The Hall–Kier alpha value is -0.650. The van der Waals surface area contributed by atoms with Crippen LogP contribution in [0.5, 0.6) is 5.75 Å². The van der Waals surface area contributed by atoms with Gasteiger partial charge in [0.05, 0.1) is 0 Å². The maximum atomic E-state index is 10.7. The Bertz CT molecular complexity index is 437. The molecule has 1 unspecified atom stereocenters. The number of phenols is 1. The fourth-order valence-electron chi connectivity index (χ4n) is 1.18. The Kier molecular flexibility index (Phi) is 7.34. The molecule has 6 nitrogen and oxygen atoms in total. The van der Waals surface area contributed by atoms with Crippen LogP contribution >= 0.6 is 7.83 Å². The molecule has 1 rings (SSSR count). The summed E-state index contributed by atoms with van der Waals surface area (Å²) in [5.41, 5.74) is 0.620. The van der Waals surface area contributed by atoms with E-state index in [-0.39, 0.29) is 41.7 Å². The van der Waals surface area contributed by atoms with Gasteiger partial charge in [0.25, 0.3) is 0 Å². The first kappa shape index (κ1) is 16.4. The van der Waals surface area contributed by atoms with Crippen molar-refractivity contribution in [1.29, 1.82) is 0 Å². The summed E-state index contributed by atoms with van der Waals surface area (Å²) < 4.78 is 20.8. The number of aromatic hydroxyl groups is 1. The van der Waals surface area contributed by atoms with Gasteiger partial charge in [0, 0.05) is 0 Å². The minimum absolute atomic E-state index is 0. The molecule has 1 aromatic rings. The van der Waals surface area contributed by atoms with E-state index in [1.807, 2.05) is 5.09 Å². The predicted octanol–water partition coefficient (Wildman–Crippen LogP) is 0.417. The molecule has 88 valence electrons. The molecule has 0 amide bonds. The normalized spacial score (nSPS) is 11.3. The molecule has 0 aliphatic rings. The van der Waals surface area contributed by atoms with Gasteiger partial charge in [0.15, 0.2) is 0 Å². The van der Waals surface area contributed by atoms with E-state index in [9.17, 15) is 13.9 Å². The summed E-state index contributed by atoms with van der Waals surface area (Å²) >= 11 is 0. The Morgan fingerprint density at radius 1 is 1.29 bits per heavy atom. The number of aliphatic carboxylic acids is 1. The van der Waals surface area contributed by atoms with Gasteiger partial charge in [-0.1, -0.05) is 12.1 Å². The van der Waals surface area contributed by atoms with Gasteiger partial charge < -0.3 is 10.2 Å². The molecular weight excluding hydrogens is 256 g/mol. The average Bonchev–Trinajstić information content (AvgIpc) is 2.19. The van der Waals surface area contributed by atoms with E-state index in [0.29, 0.717) is 5.56 Å². The van der Waals surface area contributed by atoms with E-state index in [4.69, 9.17) is 10.2 Å². The van der Waals surface area contributed by atoms with Crippen LogP contribution in [0.25, 0.3) is 0 Å². The summed E-state index contributed by atoms with van der Waals surface area (Å²) in [6, 6.07) is 4.69. The summed E-state index contributed by atoms with van der Waals surface area (Å²) in [6.45, 7) is 0. The molecule has 1 aromatic carbocycles. The minimum atomic E-state index is -2.95. The third-order valence-corrected chi connectivity index (χ3v) is 2.46. The zero-order valence-electron chi connectivity index (χ0n) is 8.16. The number of carboxylic acid groups (broad SMARTS) is 1. The Labute approximate surface area is 120 Å². The zero-order chi connectivity index (χ0) is 12.1. The van der Waals surface area contributed by atoms with Gasteiger partial charge in [-0.2, -0.15) is 5.09 Å². The quantitative estimate of drug-likeness (QED) is 0.527. The third-order valence-electron chi connectivity index (χ3n) is 1.94. The number of phenolic OH excluding ortho intramolecular Hbond substituents is 1. The topological polar surface area (TPSA) is 104 Å². The van der Waals surface area contributed by atoms with Crippen LogP contribution in [-0.2, 0) is 20.3 Å². The van der Waals surface area contributed by atoms with Crippen LogP contribution in [0.3, 0.4) is 0 Å². The molecule has 0 saturated carbocycles. The predicted molar refractivity (Wildman–Crippen MR) is 61.8 cm³/mol. The second-order valence-electron chi connectivity index (χ2n) is 3.15. The van der Waals surface area contributed by atoms with Crippen LogP contribution in [0, 0.1) is 0 Å². The number of hydrogen-bond donors (Lipinski definition) is 3. The van der Waals surface area contributed by atoms with E-state index in [0.717, 1.165) is 0 Å². The molecule has 3 N–H and O–H groups in total. The molecule has 0 radical (unpaired) electrons. The van der Waals surface area contributed by atoms with Gasteiger partial charge in [-0.3, -0.25) is 4.79 Å². The van der Waals surface area contributed by atoms with Crippen LogP contribution in [0.15, 0.2) is 24.3 Å². The van der Waals surface area contributed by atoms with Crippen molar-refractivity contribution >= 4 is 43.4 Å². The zero-order valence-corrected chi connectivity index (χ0v) is 9.05. The molecule has 8 heteroatoms. The van der Waals surface area contributed by atoms with Crippen LogP contribution in [0.2, 0.25) is 0 Å². The van der Waals surface area contributed by atoms with Gasteiger partial charge in [-0.15, -0.1) is 0 Å². The van der Waals surface area contributed by atoms with Crippen molar-refractivity contribution in [2.75, 3.05) is 0 Å². The number of rotatable bonds is 5. The van der Waals surface area contributed by atoms with E-state index < -0.39 is 19.8 Å². The standard InChI is InChI=1S/C9H10NO5P.Na.H/c11-7-3-1-6(2-4-7)5-8(9(12)13)10-16(14)15;;/h1-4,8,11H,5H2,(H,12,13)(H,10,14,15);;. The number of carbonyl (C=O) groups is 1. The van der Waals surface area contributed by atoms with Gasteiger partial charge in [0.1, 0.15) is 11.8 Å². The Morgan fingerprint density at radius 3 is 2.24 bits per heavy atom. The van der Waals surface area contributed by atoms with E-state index in [2.05, 4.69) is 0 Å². The fourth-order valence-corrected chi connectivity index (χ4v) is 1.64. The molecule has 0 bridgehead atoms. The molecule has 0 aromatic heterocycles. The summed E-state index contributed by atoms with van der Waals surface area (Å²) in [6.07, 6.45) is 0.0267. The van der Waals surface area contributed by atoms with Crippen molar-refractivity contribution in [1.82, 2.24) is 5.09 Å². The number of hydrogen-bond acceptors (Lipinski definition) is 4. The number of carboxylic acids is 1. The van der Waals surface area contributed by atoms with Crippen molar-refractivity contribution in [3.05, 3.63) is 29.8 Å². The Morgan fingerprint density at radius 2 is 1.82 bits per heavy atom. The van der Waals surface area contributed by atoms with E-state index in [1.54, 1.807) is 0 Å². The van der Waals surface area contributed by atoms with E-state index in [1.165, 1.54) is 24.3 Å². The van der Waals surface area contributed by atoms with Crippen LogP contribution in [0.4, 0.5) is 0 Å². The molecule has 17 heavy (non-hydrogen) atoms. The molecule has 0 aliphatic carbocycles. The molecule has 0 spiro atoms. The summed E-state index contributed by atoms with van der Waals surface area (Å²) in [5.74, 6) is -1.18. The van der Waals surface area contributed by atoms with Crippen molar-refractivity contribution in [3.63, 3.8) is 0 Å². The molecule has 0 fully saturated rings. The summed E-state index contributed by atoms with van der Waals surface area (Å²) in [7, 11) is -2.95. The van der Waals surface area contributed by atoms with Crippen LogP contribution in [-0.4, -0.2) is 51.8 Å². The monoisotopic (exact) mass is 267 g/mol. The number of benzene rings is 1. The first-order valence-corrected chi connectivity index (χ1v) is 5.58. The third kappa shape index (κ3) is 6.00. The summed E-state index contributed by atoms with van der Waals surface area (Å²) in [4.78, 5) is 10.7. The summed E-state index contributed by atoms with van der Waals surface area (Å²) in [5, 5.41) is 19.7. The van der Waals surface area contributed by atoms with Gasteiger partial charge in [-0.25, -0.2) is 9.13 Å². The Balaban J connectivity index is 0.00000256. The van der Waals surface area contributed by atoms with Crippen molar-refractivity contribution < 1.29 is 24.1 Å². The number of nitrogens with one attached hydrogen (secondary N) is 1. The average molecular weight is 267 g/mol. The van der Waals surface area contributed by atoms with Gasteiger partial charge in [0.2, 0.25) is 0 Å². The first-order chi connectivity index (χ1) is 7.49. The molecular formula is C9H11NNaO5P. The second kappa shape index (κ2) is 7.63. The maximum absolute atomic E-state index is 10.7. The molecule has 0 saturated heterocycles.